The van der Waals surface area contributed by atoms with Gasteiger partial charge in [-0.2, -0.15) is 0 Å². The zero-order valence-electron chi connectivity index (χ0n) is 10.8. The first kappa shape index (κ1) is 12.6. The smallest absolute Gasteiger partial charge is 0.118 e. The summed E-state index contributed by atoms with van der Waals surface area (Å²) in [5, 5.41) is 8.28. The van der Waals surface area contributed by atoms with Crippen LogP contribution in [0.25, 0.3) is 11.3 Å². The fraction of sp³-hybridized carbons (Fsp3) is 0.385. The fourth-order valence-electron chi connectivity index (χ4n) is 1.92. The molecule has 0 aliphatic carbocycles. The zero-order chi connectivity index (χ0) is 13.0. The van der Waals surface area contributed by atoms with Gasteiger partial charge in [0.15, 0.2) is 0 Å². The second-order valence-corrected chi connectivity index (χ2v) is 4.04. The minimum Gasteiger partial charge on any atom is -0.497 e. The lowest BCUT2D eigenvalue weighted by Crippen LogP contribution is -2.04. The second kappa shape index (κ2) is 5.64. The molecule has 1 aromatic heterocycles. The predicted octanol–water partition coefficient (Wildman–Crippen LogP) is 1.82. The number of ether oxygens (including phenoxy) is 1. The van der Waals surface area contributed by atoms with Crippen molar-refractivity contribution in [2.75, 3.05) is 7.11 Å². The lowest BCUT2D eigenvalue weighted by molar-refractivity contribution is 0.415. The Labute approximate surface area is 107 Å². The van der Waals surface area contributed by atoms with Gasteiger partial charge < -0.3 is 10.5 Å². The lowest BCUT2D eigenvalue weighted by Gasteiger charge is -2.07. The molecule has 2 aromatic rings. The maximum Gasteiger partial charge on any atom is 0.118 e. The molecule has 0 spiro atoms. The first-order chi connectivity index (χ1) is 8.80. The largest absolute Gasteiger partial charge is 0.497 e. The Balaban J connectivity index is 2.43. The van der Waals surface area contributed by atoms with E-state index in [0.29, 0.717) is 6.54 Å². The van der Waals surface area contributed by atoms with Crippen molar-refractivity contribution in [1.29, 1.82) is 0 Å². The highest BCUT2D eigenvalue weighted by atomic mass is 16.5. The molecule has 0 saturated carbocycles. The highest BCUT2D eigenvalue weighted by molar-refractivity contribution is 5.62. The molecular formula is C13H18N4O. The van der Waals surface area contributed by atoms with E-state index in [4.69, 9.17) is 10.5 Å². The van der Waals surface area contributed by atoms with Crippen LogP contribution < -0.4 is 10.5 Å². The van der Waals surface area contributed by atoms with Crippen molar-refractivity contribution >= 4 is 0 Å². The van der Waals surface area contributed by atoms with E-state index in [2.05, 4.69) is 17.2 Å². The normalized spacial score (nSPS) is 10.6. The standard InChI is InChI=1S/C13H18N4O/c1-3-8-17-13(12(9-14)15-16-17)10-4-6-11(18-2)7-5-10/h4-7H,3,8-9,14H2,1-2H3. The van der Waals surface area contributed by atoms with E-state index in [1.54, 1.807) is 7.11 Å². The van der Waals surface area contributed by atoms with E-state index in [0.717, 1.165) is 35.7 Å². The molecule has 1 aromatic carbocycles. The van der Waals surface area contributed by atoms with Crippen LogP contribution in [0.5, 0.6) is 5.75 Å². The molecule has 0 fully saturated rings. The molecule has 5 nitrogen and oxygen atoms in total. The SMILES string of the molecule is CCCn1nnc(CN)c1-c1ccc(OC)cc1. The maximum atomic E-state index is 5.71. The number of rotatable bonds is 5. The summed E-state index contributed by atoms with van der Waals surface area (Å²) in [5.41, 5.74) is 8.61. The highest BCUT2D eigenvalue weighted by Gasteiger charge is 2.13. The van der Waals surface area contributed by atoms with Gasteiger partial charge >= 0.3 is 0 Å². The van der Waals surface area contributed by atoms with E-state index in [1.807, 2.05) is 28.9 Å². The number of methoxy groups -OCH3 is 1. The van der Waals surface area contributed by atoms with Crippen LogP contribution in [-0.2, 0) is 13.1 Å². The molecule has 0 aliphatic rings. The summed E-state index contributed by atoms with van der Waals surface area (Å²) in [7, 11) is 1.66. The van der Waals surface area contributed by atoms with Crippen LogP contribution in [0, 0.1) is 0 Å². The van der Waals surface area contributed by atoms with E-state index >= 15 is 0 Å². The molecule has 2 N–H and O–H groups in total. The molecule has 2 rings (SSSR count). The third kappa shape index (κ3) is 2.36. The van der Waals surface area contributed by atoms with Crippen LogP contribution in [0.4, 0.5) is 0 Å². The third-order valence-corrected chi connectivity index (χ3v) is 2.80. The molecular weight excluding hydrogens is 228 g/mol. The summed E-state index contributed by atoms with van der Waals surface area (Å²) in [4.78, 5) is 0. The molecule has 96 valence electrons. The van der Waals surface area contributed by atoms with E-state index in [-0.39, 0.29) is 0 Å². The Bertz CT molecular complexity index is 504. The number of aromatic nitrogens is 3. The fourth-order valence-corrected chi connectivity index (χ4v) is 1.92. The monoisotopic (exact) mass is 246 g/mol. The molecule has 5 heteroatoms. The summed E-state index contributed by atoms with van der Waals surface area (Å²) in [5.74, 6) is 0.836. The lowest BCUT2D eigenvalue weighted by atomic mass is 10.1. The Morgan fingerprint density at radius 1 is 1.28 bits per heavy atom. The number of nitrogens with zero attached hydrogens (tertiary/aromatic N) is 3. The zero-order valence-corrected chi connectivity index (χ0v) is 10.8. The molecule has 0 bridgehead atoms. The van der Waals surface area contributed by atoms with Crippen LogP contribution in [0.1, 0.15) is 19.0 Å². The van der Waals surface area contributed by atoms with Crippen LogP contribution in [0.3, 0.4) is 0 Å². The minimum atomic E-state index is 0.394. The number of benzene rings is 1. The van der Waals surface area contributed by atoms with Crippen molar-refractivity contribution in [1.82, 2.24) is 15.0 Å². The van der Waals surface area contributed by atoms with Crippen LogP contribution in [0.15, 0.2) is 24.3 Å². The van der Waals surface area contributed by atoms with Crippen LogP contribution in [-0.4, -0.2) is 22.1 Å². The Morgan fingerprint density at radius 2 is 2.00 bits per heavy atom. The number of hydrogen-bond donors (Lipinski definition) is 1. The number of hydrogen-bond acceptors (Lipinski definition) is 4. The Kier molecular flexibility index (Phi) is 3.94. The minimum absolute atomic E-state index is 0.394. The van der Waals surface area contributed by atoms with Gasteiger partial charge in [0.2, 0.25) is 0 Å². The molecule has 0 saturated heterocycles. The van der Waals surface area contributed by atoms with Crippen molar-refractivity contribution in [3.63, 3.8) is 0 Å². The molecule has 0 amide bonds. The van der Waals surface area contributed by atoms with E-state index in [9.17, 15) is 0 Å². The quantitative estimate of drug-likeness (QED) is 0.874. The highest BCUT2D eigenvalue weighted by Crippen LogP contribution is 2.24. The third-order valence-electron chi connectivity index (χ3n) is 2.80. The molecule has 1 heterocycles. The van der Waals surface area contributed by atoms with Gasteiger partial charge in [0.05, 0.1) is 12.8 Å². The summed E-state index contributed by atoms with van der Waals surface area (Å²) >= 11 is 0. The Hall–Kier alpha value is -1.88. The molecule has 18 heavy (non-hydrogen) atoms. The topological polar surface area (TPSA) is 66.0 Å². The average Bonchev–Trinajstić information content (AvgIpc) is 2.82. The van der Waals surface area contributed by atoms with Gasteiger partial charge in [-0.05, 0) is 30.7 Å². The summed E-state index contributed by atoms with van der Waals surface area (Å²) in [6, 6.07) is 7.86. The van der Waals surface area contributed by atoms with Gasteiger partial charge in [-0.25, -0.2) is 4.68 Å². The van der Waals surface area contributed by atoms with Crippen LogP contribution >= 0.6 is 0 Å². The van der Waals surface area contributed by atoms with Crippen molar-refractivity contribution in [3.8, 4) is 17.0 Å². The van der Waals surface area contributed by atoms with Crippen molar-refractivity contribution in [2.45, 2.75) is 26.4 Å². The van der Waals surface area contributed by atoms with Gasteiger partial charge in [-0.3, -0.25) is 0 Å². The van der Waals surface area contributed by atoms with Crippen LogP contribution in [0.2, 0.25) is 0 Å². The molecule has 0 radical (unpaired) electrons. The summed E-state index contributed by atoms with van der Waals surface area (Å²) < 4.78 is 7.06. The van der Waals surface area contributed by atoms with Crippen molar-refractivity contribution in [3.05, 3.63) is 30.0 Å². The first-order valence-corrected chi connectivity index (χ1v) is 6.07. The summed E-state index contributed by atoms with van der Waals surface area (Å²) in [6.45, 7) is 3.35. The van der Waals surface area contributed by atoms with Gasteiger partial charge in [-0.15, -0.1) is 5.10 Å². The summed E-state index contributed by atoms with van der Waals surface area (Å²) in [6.07, 6.45) is 1.01. The van der Waals surface area contributed by atoms with Gasteiger partial charge in [-0.1, -0.05) is 12.1 Å². The number of nitrogens with two attached hydrogens (primary N) is 1. The van der Waals surface area contributed by atoms with Gasteiger partial charge in [0, 0.05) is 18.7 Å². The molecule has 0 atom stereocenters. The van der Waals surface area contributed by atoms with E-state index in [1.165, 1.54) is 0 Å². The predicted molar refractivity (Wildman–Crippen MR) is 70.2 cm³/mol. The van der Waals surface area contributed by atoms with Crippen molar-refractivity contribution < 1.29 is 4.74 Å². The number of aryl methyl sites for hydroxylation is 1. The Morgan fingerprint density at radius 3 is 2.56 bits per heavy atom. The van der Waals surface area contributed by atoms with Gasteiger partial charge in [0.25, 0.3) is 0 Å². The molecule has 0 unspecified atom stereocenters. The van der Waals surface area contributed by atoms with Gasteiger partial charge in [0.1, 0.15) is 11.4 Å². The first-order valence-electron chi connectivity index (χ1n) is 6.07. The average molecular weight is 246 g/mol. The van der Waals surface area contributed by atoms with Crippen molar-refractivity contribution in [2.24, 2.45) is 5.73 Å². The second-order valence-electron chi connectivity index (χ2n) is 4.04. The van der Waals surface area contributed by atoms with E-state index < -0.39 is 0 Å². The molecule has 0 aliphatic heterocycles. The maximum absolute atomic E-state index is 5.71.